The van der Waals surface area contributed by atoms with Gasteiger partial charge in [-0.25, -0.2) is 4.98 Å². The van der Waals surface area contributed by atoms with Gasteiger partial charge in [0.25, 0.3) is 0 Å². The number of nitrogen functional groups attached to an aromatic ring is 1. The second kappa shape index (κ2) is 3.34. The van der Waals surface area contributed by atoms with E-state index in [4.69, 9.17) is 11.5 Å². The Labute approximate surface area is 66.4 Å². The Bertz CT molecular complexity index is 235. The third-order valence-electron chi connectivity index (χ3n) is 1.61. The fourth-order valence-electron chi connectivity index (χ4n) is 0.885. The predicted molar refractivity (Wildman–Crippen MR) is 45.9 cm³/mol. The predicted octanol–water partition coefficient (Wildman–Crippen LogP) is 1.07. The third-order valence-corrected chi connectivity index (χ3v) is 1.61. The zero-order valence-corrected chi connectivity index (χ0v) is 6.62. The zero-order chi connectivity index (χ0) is 8.27. The molecule has 60 valence electrons. The molecule has 0 amide bonds. The summed E-state index contributed by atoms with van der Waals surface area (Å²) in [4.78, 5) is 4.10. The van der Waals surface area contributed by atoms with Crippen molar-refractivity contribution in [1.82, 2.24) is 4.98 Å². The van der Waals surface area contributed by atoms with Crippen molar-refractivity contribution in [2.75, 3.05) is 5.73 Å². The van der Waals surface area contributed by atoms with Gasteiger partial charge < -0.3 is 11.5 Å². The first-order valence-electron chi connectivity index (χ1n) is 3.72. The topological polar surface area (TPSA) is 64.9 Å². The van der Waals surface area contributed by atoms with Crippen molar-refractivity contribution in [3.63, 3.8) is 0 Å². The molecule has 0 aromatic carbocycles. The molecule has 1 aromatic rings. The summed E-state index contributed by atoms with van der Waals surface area (Å²) < 4.78 is 0. The van der Waals surface area contributed by atoms with Crippen LogP contribution in [0.5, 0.6) is 0 Å². The van der Waals surface area contributed by atoms with Crippen LogP contribution in [0.15, 0.2) is 18.2 Å². The fourth-order valence-corrected chi connectivity index (χ4v) is 0.885. The van der Waals surface area contributed by atoms with Gasteiger partial charge in [-0.05, 0) is 18.6 Å². The van der Waals surface area contributed by atoms with E-state index < -0.39 is 0 Å². The minimum absolute atomic E-state index is 0.0125. The van der Waals surface area contributed by atoms with Gasteiger partial charge in [-0.2, -0.15) is 0 Å². The average molecular weight is 151 g/mol. The van der Waals surface area contributed by atoms with Crippen molar-refractivity contribution in [2.45, 2.75) is 19.4 Å². The number of aromatic nitrogens is 1. The summed E-state index contributed by atoms with van der Waals surface area (Å²) >= 11 is 0. The summed E-state index contributed by atoms with van der Waals surface area (Å²) in [6, 6.07) is 5.53. The molecule has 0 spiro atoms. The molecule has 1 heterocycles. The number of pyridine rings is 1. The lowest BCUT2D eigenvalue weighted by molar-refractivity contribution is 0.677. The van der Waals surface area contributed by atoms with E-state index in [-0.39, 0.29) is 6.04 Å². The lowest BCUT2D eigenvalue weighted by Crippen LogP contribution is -2.11. The van der Waals surface area contributed by atoms with E-state index in [0.717, 1.165) is 12.1 Å². The highest BCUT2D eigenvalue weighted by Gasteiger charge is 2.03. The van der Waals surface area contributed by atoms with Crippen LogP contribution in [0.1, 0.15) is 25.1 Å². The maximum absolute atomic E-state index is 5.75. The SMILES string of the molecule is CCC(N)c1cccc(N)n1. The van der Waals surface area contributed by atoms with Gasteiger partial charge in [0, 0.05) is 6.04 Å². The van der Waals surface area contributed by atoms with Crippen LogP contribution in [0.4, 0.5) is 5.82 Å². The molecule has 1 rings (SSSR count). The van der Waals surface area contributed by atoms with E-state index in [1.165, 1.54) is 0 Å². The standard InChI is InChI=1S/C8H13N3/c1-2-6(9)7-4-3-5-8(10)11-7/h3-6H,2,9H2,1H3,(H2,10,11). The highest BCUT2D eigenvalue weighted by atomic mass is 14.9. The average Bonchev–Trinajstić information content (AvgIpc) is 2.03. The molecular weight excluding hydrogens is 138 g/mol. The molecule has 1 unspecified atom stereocenters. The Morgan fingerprint density at radius 2 is 2.27 bits per heavy atom. The summed E-state index contributed by atoms with van der Waals surface area (Å²) in [5.41, 5.74) is 12.1. The summed E-state index contributed by atoms with van der Waals surface area (Å²) in [7, 11) is 0. The molecule has 11 heavy (non-hydrogen) atoms. The van der Waals surface area contributed by atoms with Crippen LogP contribution < -0.4 is 11.5 Å². The second-order valence-electron chi connectivity index (χ2n) is 2.50. The monoisotopic (exact) mass is 151 g/mol. The molecule has 1 atom stereocenters. The lowest BCUT2D eigenvalue weighted by atomic mass is 10.1. The minimum atomic E-state index is 0.0125. The van der Waals surface area contributed by atoms with E-state index in [1.807, 2.05) is 19.1 Å². The molecule has 0 bridgehead atoms. The maximum atomic E-state index is 5.75. The first kappa shape index (κ1) is 8.01. The molecule has 0 aliphatic heterocycles. The van der Waals surface area contributed by atoms with Gasteiger partial charge in [0.1, 0.15) is 5.82 Å². The molecule has 0 aliphatic carbocycles. The third kappa shape index (κ3) is 1.91. The van der Waals surface area contributed by atoms with E-state index >= 15 is 0 Å². The highest BCUT2D eigenvalue weighted by molar-refractivity contribution is 5.29. The molecule has 0 aliphatic rings. The smallest absolute Gasteiger partial charge is 0.123 e. The summed E-state index contributed by atoms with van der Waals surface area (Å²) in [5, 5.41) is 0. The zero-order valence-electron chi connectivity index (χ0n) is 6.62. The number of nitrogens with two attached hydrogens (primary N) is 2. The van der Waals surface area contributed by atoms with E-state index in [1.54, 1.807) is 6.07 Å². The molecule has 3 heteroatoms. The molecule has 0 fully saturated rings. The number of hydrogen-bond donors (Lipinski definition) is 2. The molecule has 4 N–H and O–H groups in total. The van der Waals surface area contributed by atoms with Crippen molar-refractivity contribution < 1.29 is 0 Å². The van der Waals surface area contributed by atoms with E-state index in [9.17, 15) is 0 Å². The van der Waals surface area contributed by atoms with Crippen molar-refractivity contribution in [2.24, 2.45) is 5.73 Å². The molecule has 0 radical (unpaired) electrons. The van der Waals surface area contributed by atoms with Crippen LogP contribution in [0.3, 0.4) is 0 Å². The molecule has 0 saturated carbocycles. The van der Waals surface area contributed by atoms with E-state index in [0.29, 0.717) is 5.82 Å². The van der Waals surface area contributed by atoms with Crippen molar-refractivity contribution >= 4 is 5.82 Å². The van der Waals surface area contributed by atoms with Gasteiger partial charge >= 0.3 is 0 Å². The highest BCUT2D eigenvalue weighted by Crippen LogP contribution is 2.11. The molecule has 1 aromatic heterocycles. The summed E-state index contributed by atoms with van der Waals surface area (Å²) in [5.74, 6) is 0.534. The van der Waals surface area contributed by atoms with Crippen LogP contribution in [-0.4, -0.2) is 4.98 Å². The second-order valence-corrected chi connectivity index (χ2v) is 2.50. The number of anilines is 1. The van der Waals surface area contributed by atoms with Gasteiger partial charge in [-0.15, -0.1) is 0 Å². The van der Waals surface area contributed by atoms with Crippen LogP contribution >= 0.6 is 0 Å². The van der Waals surface area contributed by atoms with Gasteiger partial charge in [-0.3, -0.25) is 0 Å². The quantitative estimate of drug-likeness (QED) is 0.664. The first-order valence-corrected chi connectivity index (χ1v) is 3.72. The summed E-state index contributed by atoms with van der Waals surface area (Å²) in [6.45, 7) is 2.02. The number of nitrogens with zero attached hydrogens (tertiary/aromatic N) is 1. The van der Waals surface area contributed by atoms with Gasteiger partial charge in [-0.1, -0.05) is 13.0 Å². The maximum Gasteiger partial charge on any atom is 0.123 e. The van der Waals surface area contributed by atoms with Gasteiger partial charge in [0.05, 0.1) is 5.69 Å². The van der Waals surface area contributed by atoms with Crippen LogP contribution in [0.2, 0.25) is 0 Å². The lowest BCUT2D eigenvalue weighted by Gasteiger charge is -2.07. The fraction of sp³-hybridized carbons (Fsp3) is 0.375. The van der Waals surface area contributed by atoms with Crippen LogP contribution in [0, 0.1) is 0 Å². The van der Waals surface area contributed by atoms with Crippen molar-refractivity contribution in [3.05, 3.63) is 23.9 Å². The van der Waals surface area contributed by atoms with Crippen molar-refractivity contribution in [3.8, 4) is 0 Å². The largest absolute Gasteiger partial charge is 0.384 e. The molecule has 3 nitrogen and oxygen atoms in total. The van der Waals surface area contributed by atoms with E-state index in [2.05, 4.69) is 4.98 Å². The Hall–Kier alpha value is -1.09. The molecule has 0 saturated heterocycles. The molecular formula is C8H13N3. The Morgan fingerprint density at radius 3 is 2.82 bits per heavy atom. The Balaban J connectivity index is 2.86. The van der Waals surface area contributed by atoms with Crippen molar-refractivity contribution in [1.29, 1.82) is 0 Å². The number of rotatable bonds is 2. The van der Waals surface area contributed by atoms with Crippen LogP contribution in [0.25, 0.3) is 0 Å². The Morgan fingerprint density at radius 1 is 1.55 bits per heavy atom. The van der Waals surface area contributed by atoms with Gasteiger partial charge in [0.2, 0.25) is 0 Å². The normalized spacial score (nSPS) is 12.9. The summed E-state index contributed by atoms with van der Waals surface area (Å²) in [6.07, 6.45) is 0.885. The first-order chi connectivity index (χ1) is 5.24. The van der Waals surface area contributed by atoms with Crippen LogP contribution in [-0.2, 0) is 0 Å². The van der Waals surface area contributed by atoms with Gasteiger partial charge in [0.15, 0.2) is 0 Å². The number of hydrogen-bond acceptors (Lipinski definition) is 3. The Kier molecular flexibility index (Phi) is 2.44. The minimum Gasteiger partial charge on any atom is -0.384 e.